The Hall–Kier alpha value is -0.570. The molecular weight excluding hydrogens is 336 g/mol. The van der Waals surface area contributed by atoms with E-state index in [-0.39, 0.29) is 23.2 Å². The Morgan fingerprint density at radius 1 is 1.11 bits per heavy atom. The highest BCUT2D eigenvalue weighted by Crippen LogP contribution is 2.68. The minimum atomic E-state index is -2.15. The van der Waals surface area contributed by atoms with Crippen LogP contribution in [-0.2, 0) is 4.79 Å². The quantitative estimate of drug-likeness (QED) is 0.677. The highest BCUT2D eigenvalue weighted by Gasteiger charge is 2.60. The minimum absolute atomic E-state index is 0.0718. The van der Waals surface area contributed by atoms with Gasteiger partial charge < -0.3 is 10.2 Å². The zero-order valence-electron chi connectivity index (χ0n) is 20.3. The highest BCUT2D eigenvalue weighted by molar-refractivity contribution is 5.66. The molecule has 3 nitrogen and oxygen atoms in total. The molecule has 0 bridgehead atoms. The summed E-state index contributed by atoms with van der Waals surface area (Å²) in [5.74, 6) is 1.60. The molecule has 0 amide bonds. The monoisotopic (exact) mass is 379 g/mol. The normalized spacial score (nSPS) is 55.3. The second-order valence-corrected chi connectivity index (χ2v) is 10.8. The third-order valence-electron chi connectivity index (χ3n) is 9.84. The maximum absolute atomic E-state index is 11.3. The summed E-state index contributed by atoms with van der Waals surface area (Å²) in [6, 6.07) is 0. The number of rotatable bonds is 4. The van der Waals surface area contributed by atoms with Gasteiger partial charge in [0.05, 0.1) is 7.45 Å². The van der Waals surface area contributed by atoms with Gasteiger partial charge in [0.25, 0.3) is 0 Å². The van der Waals surface area contributed by atoms with Gasteiger partial charge in [-0.2, -0.15) is 0 Å². The molecule has 0 aliphatic heterocycles. The van der Waals surface area contributed by atoms with Crippen LogP contribution in [0.1, 0.15) is 95.5 Å². The molecule has 2 N–H and O–H groups in total. The SMILES string of the molecule is [2H]C([2H])(C[C@@H](C)[C@H]1CC[C@H]2[C@@H]3CC[C@H]4C[C@@]([2H])(O)CC[C@]4(C)[C@H]3CC[C@]12C)C(=O)O. The molecule has 0 unspecified atom stereocenters. The van der Waals surface area contributed by atoms with E-state index in [1.165, 1.54) is 19.3 Å². The molecule has 0 heterocycles. The maximum Gasteiger partial charge on any atom is 0.303 e. The third-order valence-corrected chi connectivity index (χ3v) is 9.84. The van der Waals surface area contributed by atoms with Crippen molar-refractivity contribution in [3.8, 4) is 0 Å². The minimum Gasteiger partial charge on any atom is -0.481 e. The summed E-state index contributed by atoms with van der Waals surface area (Å²) >= 11 is 0. The summed E-state index contributed by atoms with van der Waals surface area (Å²) in [4.78, 5) is 11.3. The lowest BCUT2D eigenvalue weighted by Crippen LogP contribution is -2.54. The number of hydrogen-bond donors (Lipinski definition) is 2. The Balaban J connectivity index is 1.52. The van der Waals surface area contributed by atoms with Crippen LogP contribution in [0.4, 0.5) is 0 Å². The summed E-state index contributed by atoms with van der Waals surface area (Å²) in [7, 11) is 0. The van der Waals surface area contributed by atoms with Crippen molar-refractivity contribution in [2.75, 3.05) is 0 Å². The van der Waals surface area contributed by atoms with Crippen molar-refractivity contribution in [2.24, 2.45) is 46.3 Å². The van der Waals surface area contributed by atoms with Gasteiger partial charge in [0.1, 0.15) is 0 Å². The van der Waals surface area contributed by atoms with E-state index in [9.17, 15) is 15.0 Å². The molecule has 4 saturated carbocycles. The van der Waals surface area contributed by atoms with Gasteiger partial charge in [-0.05, 0) is 111 Å². The molecule has 0 spiro atoms. The zero-order valence-corrected chi connectivity index (χ0v) is 17.3. The van der Waals surface area contributed by atoms with Crippen molar-refractivity contribution in [2.45, 2.75) is 97.4 Å². The molecule has 4 aliphatic rings. The van der Waals surface area contributed by atoms with E-state index >= 15 is 0 Å². The number of aliphatic hydroxyl groups is 1. The van der Waals surface area contributed by atoms with Crippen LogP contribution in [0.25, 0.3) is 0 Å². The van der Waals surface area contributed by atoms with Crippen LogP contribution in [-0.4, -0.2) is 22.3 Å². The third kappa shape index (κ3) is 3.16. The van der Waals surface area contributed by atoms with Gasteiger partial charge in [0.2, 0.25) is 0 Å². The number of aliphatic carboxylic acids is 1. The molecule has 0 saturated heterocycles. The second kappa shape index (κ2) is 7.04. The van der Waals surface area contributed by atoms with E-state index < -0.39 is 18.4 Å². The van der Waals surface area contributed by atoms with Crippen molar-refractivity contribution in [1.29, 1.82) is 0 Å². The predicted molar refractivity (Wildman–Crippen MR) is 107 cm³/mol. The number of carboxylic acid groups (broad SMARTS) is 1. The van der Waals surface area contributed by atoms with Crippen molar-refractivity contribution in [1.82, 2.24) is 0 Å². The van der Waals surface area contributed by atoms with Gasteiger partial charge in [-0.15, -0.1) is 0 Å². The number of carbonyl (C=O) groups is 1. The second-order valence-electron chi connectivity index (χ2n) is 10.8. The fourth-order valence-corrected chi connectivity index (χ4v) is 8.43. The molecule has 4 fully saturated rings. The molecular formula is C24H40O3. The van der Waals surface area contributed by atoms with Crippen LogP contribution in [0.3, 0.4) is 0 Å². The zero-order chi connectivity index (χ0) is 22.1. The summed E-state index contributed by atoms with van der Waals surface area (Å²) in [6.45, 7) is 6.92. The van der Waals surface area contributed by atoms with Gasteiger partial charge in [-0.1, -0.05) is 20.8 Å². The van der Waals surface area contributed by atoms with E-state index in [0.717, 1.165) is 25.7 Å². The Morgan fingerprint density at radius 2 is 1.81 bits per heavy atom. The molecule has 27 heavy (non-hydrogen) atoms. The van der Waals surface area contributed by atoms with Gasteiger partial charge in [-0.25, -0.2) is 0 Å². The molecule has 0 aromatic rings. The lowest BCUT2D eigenvalue weighted by atomic mass is 9.44. The van der Waals surface area contributed by atoms with Crippen LogP contribution in [0.5, 0.6) is 0 Å². The van der Waals surface area contributed by atoms with Crippen LogP contribution >= 0.6 is 0 Å². The molecule has 0 aromatic carbocycles. The van der Waals surface area contributed by atoms with Crippen LogP contribution < -0.4 is 0 Å². The van der Waals surface area contributed by atoms with Crippen LogP contribution in [0.15, 0.2) is 0 Å². The predicted octanol–water partition coefficient (Wildman–Crippen LogP) is 5.51. The highest BCUT2D eigenvalue weighted by atomic mass is 16.4. The van der Waals surface area contributed by atoms with Gasteiger partial charge >= 0.3 is 5.97 Å². The number of fused-ring (bicyclic) bond motifs is 5. The molecule has 4 aliphatic carbocycles. The lowest BCUT2D eigenvalue weighted by molar-refractivity contribution is -0.138. The molecule has 3 heteroatoms. The molecule has 0 aromatic heterocycles. The first kappa shape index (κ1) is 16.3. The Labute approximate surface area is 169 Å². The van der Waals surface area contributed by atoms with E-state index in [1.807, 2.05) is 0 Å². The van der Waals surface area contributed by atoms with Crippen molar-refractivity contribution in [3.63, 3.8) is 0 Å². The summed E-state index contributed by atoms with van der Waals surface area (Å²) in [6.07, 6.45) is 5.82. The average Bonchev–Trinajstić information content (AvgIpc) is 2.99. The van der Waals surface area contributed by atoms with E-state index in [1.54, 1.807) is 0 Å². The van der Waals surface area contributed by atoms with E-state index in [0.29, 0.717) is 42.4 Å². The Morgan fingerprint density at radius 3 is 2.56 bits per heavy atom. The molecule has 154 valence electrons. The first-order valence-corrected chi connectivity index (χ1v) is 11.3. The summed E-state index contributed by atoms with van der Waals surface area (Å²) in [5.41, 5.74) is 0.422. The van der Waals surface area contributed by atoms with Crippen LogP contribution in [0, 0.1) is 46.3 Å². The van der Waals surface area contributed by atoms with E-state index in [2.05, 4.69) is 20.8 Å². The molecule has 0 radical (unpaired) electrons. The van der Waals surface area contributed by atoms with Crippen LogP contribution in [0.2, 0.25) is 0 Å². The van der Waals surface area contributed by atoms with Crippen molar-refractivity contribution in [3.05, 3.63) is 0 Å². The first-order valence-electron chi connectivity index (χ1n) is 12.8. The lowest BCUT2D eigenvalue weighted by Gasteiger charge is -2.61. The average molecular weight is 380 g/mol. The maximum atomic E-state index is 11.3. The first-order chi connectivity index (χ1) is 13.8. The topological polar surface area (TPSA) is 57.5 Å². The fourth-order valence-electron chi connectivity index (χ4n) is 8.43. The molecule has 4 rings (SSSR count). The fraction of sp³-hybridized carbons (Fsp3) is 0.958. The van der Waals surface area contributed by atoms with Gasteiger partial charge in [0, 0.05) is 9.11 Å². The van der Waals surface area contributed by atoms with Gasteiger partial charge in [0.15, 0.2) is 0 Å². The Bertz CT molecular complexity index is 695. The summed E-state index contributed by atoms with van der Waals surface area (Å²) in [5, 5.41) is 19.6. The van der Waals surface area contributed by atoms with Crippen molar-refractivity contribution >= 4 is 5.97 Å². The van der Waals surface area contributed by atoms with Gasteiger partial charge in [-0.3, -0.25) is 4.79 Å². The smallest absolute Gasteiger partial charge is 0.303 e. The molecule has 9 atom stereocenters. The number of carboxylic acids is 1. The number of hydrogen-bond acceptors (Lipinski definition) is 2. The van der Waals surface area contributed by atoms with Crippen molar-refractivity contribution < 1.29 is 19.1 Å². The Kier molecular flexibility index (Phi) is 4.24. The largest absolute Gasteiger partial charge is 0.481 e. The summed E-state index contributed by atoms with van der Waals surface area (Å²) < 4.78 is 24.0. The standard InChI is InChI=1S/C24H40O3/c1-15(4-9-22(26)27)19-7-8-20-18-6-5-16-14-17(25)10-12-23(16,2)21(18)11-13-24(19,20)3/h15-21,25H,4-14H2,1-3H3,(H,26,27)/t15-,16+,17+,18+,19-,20+,21+,23+,24-/m1/s1/i9D2,17D. The van der Waals surface area contributed by atoms with E-state index in [4.69, 9.17) is 4.11 Å².